The van der Waals surface area contributed by atoms with Crippen molar-refractivity contribution in [2.24, 2.45) is 0 Å². The van der Waals surface area contributed by atoms with Crippen molar-refractivity contribution < 1.29 is 13.2 Å². The summed E-state index contributed by atoms with van der Waals surface area (Å²) in [6.07, 6.45) is -1.83. The molecule has 0 aliphatic carbocycles. The highest BCUT2D eigenvalue weighted by atomic mass is 19.4. The highest BCUT2D eigenvalue weighted by Crippen LogP contribution is 2.31. The van der Waals surface area contributed by atoms with Gasteiger partial charge in [0.15, 0.2) is 0 Å². The van der Waals surface area contributed by atoms with E-state index >= 15 is 0 Å². The number of alkyl halides is 3. The molecule has 0 unspecified atom stereocenters. The summed E-state index contributed by atoms with van der Waals surface area (Å²) < 4.78 is 37.7. The Morgan fingerprint density at radius 3 is 2.60 bits per heavy atom. The van der Waals surface area contributed by atoms with Crippen LogP contribution in [0.15, 0.2) is 18.3 Å². The molecule has 5 heteroatoms. The summed E-state index contributed by atoms with van der Waals surface area (Å²) in [4.78, 5) is 5.76. The summed E-state index contributed by atoms with van der Waals surface area (Å²) in [5.41, 5.74) is -0.485. The van der Waals surface area contributed by atoms with Gasteiger partial charge < -0.3 is 0 Å². The molecule has 2 heterocycles. The fourth-order valence-corrected chi connectivity index (χ4v) is 1.57. The molecule has 0 bridgehead atoms. The number of hydrogen-bond acceptors (Lipinski definition) is 2. The van der Waals surface area contributed by atoms with Crippen LogP contribution in [0.5, 0.6) is 0 Å². The first-order chi connectivity index (χ1) is 7.07. The van der Waals surface area contributed by atoms with Crippen LogP contribution < -0.4 is 0 Å². The lowest BCUT2D eigenvalue weighted by Gasteiger charge is -2.30. The number of likely N-dealkylation sites (tertiary alicyclic amines) is 1. The van der Waals surface area contributed by atoms with E-state index in [0.29, 0.717) is 6.54 Å². The third-order valence-corrected chi connectivity index (χ3v) is 2.52. The molecule has 0 N–H and O–H groups in total. The zero-order valence-corrected chi connectivity index (χ0v) is 8.09. The van der Waals surface area contributed by atoms with Crippen molar-refractivity contribution in [3.05, 3.63) is 29.6 Å². The van der Waals surface area contributed by atoms with Gasteiger partial charge >= 0.3 is 6.18 Å². The summed E-state index contributed by atoms with van der Waals surface area (Å²) in [5, 5.41) is 0. The molecule has 1 aliphatic heterocycles. The topological polar surface area (TPSA) is 16.1 Å². The molecule has 0 atom stereocenters. The second kappa shape index (κ2) is 3.81. The third kappa shape index (κ3) is 2.28. The summed E-state index contributed by atoms with van der Waals surface area (Å²) in [5.74, 6) is 0. The Balaban J connectivity index is 2.21. The van der Waals surface area contributed by atoms with Gasteiger partial charge in [-0.25, -0.2) is 0 Å². The molecule has 1 fully saturated rings. The second-order valence-corrected chi connectivity index (χ2v) is 3.63. The number of rotatable bonds is 2. The van der Waals surface area contributed by atoms with E-state index in [2.05, 4.69) is 4.98 Å². The maximum Gasteiger partial charge on any atom is 0.418 e. The summed E-state index contributed by atoms with van der Waals surface area (Å²) in [6.45, 7) is 2.04. The highest BCUT2D eigenvalue weighted by molar-refractivity contribution is 5.23. The van der Waals surface area contributed by atoms with E-state index in [-0.39, 0.29) is 5.69 Å². The van der Waals surface area contributed by atoms with Gasteiger partial charge in [0.25, 0.3) is 0 Å². The molecule has 82 valence electrons. The van der Waals surface area contributed by atoms with Crippen LogP contribution in [0, 0.1) is 0 Å². The average molecular weight is 216 g/mol. The van der Waals surface area contributed by atoms with Crippen LogP contribution in [-0.4, -0.2) is 23.0 Å². The summed E-state index contributed by atoms with van der Waals surface area (Å²) in [7, 11) is 0. The predicted octanol–water partition coefficient (Wildman–Crippen LogP) is 2.31. The van der Waals surface area contributed by atoms with Crippen molar-refractivity contribution in [2.75, 3.05) is 13.1 Å². The maximum absolute atomic E-state index is 12.6. The standard InChI is InChI=1S/C10H11F3N2/c11-10(12,13)8-3-1-4-14-9(8)7-15-5-2-6-15/h1,3-4H,2,5-7H2. The molecule has 0 amide bonds. The van der Waals surface area contributed by atoms with Gasteiger partial charge in [0.05, 0.1) is 11.3 Å². The maximum atomic E-state index is 12.6. The van der Waals surface area contributed by atoms with Crippen molar-refractivity contribution in [3.8, 4) is 0 Å². The number of pyridine rings is 1. The molecular weight excluding hydrogens is 205 g/mol. The first-order valence-corrected chi connectivity index (χ1v) is 4.81. The second-order valence-electron chi connectivity index (χ2n) is 3.63. The van der Waals surface area contributed by atoms with E-state index in [1.54, 1.807) is 0 Å². The van der Waals surface area contributed by atoms with Gasteiger partial charge in [0, 0.05) is 12.7 Å². The Labute approximate surface area is 85.7 Å². The van der Waals surface area contributed by atoms with Gasteiger partial charge in [-0.2, -0.15) is 13.2 Å². The van der Waals surface area contributed by atoms with E-state index in [9.17, 15) is 13.2 Å². The van der Waals surface area contributed by atoms with E-state index < -0.39 is 11.7 Å². The van der Waals surface area contributed by atoms with Crippen LogP contribution in [0.25, 0.3) is 0 Å². The Morgan fingerprint density at radius 1 is 1.33 bits per heavy atom. The third-order valence-electron chi connectivity index (χ3n) is 2.52. The molecule has 0 aromatic carbocycles. The van der Waals surface area contributed by atoms with Crippen molar-refractivity contribution in [1.29, 1.82) is 0 Å². The van der Waals surface area contributed by atoms with E-state index in [4.69, 9.17) is 0 Å². The number of nitrogens with zero attached hydrogens (tertiary/aromatic N) is 2. The quantitative estimate of drug-likeness (QED) is 0.754. The Morgan fingerprint density at radius 2 is 2.07 bits per heavy atom. The van der Waals surface area contributed by atoms with E-state index in [1.807, 2.05) is 4.90 Å². The molecule has 1 aromatic heterocycles. The summed E-state index contributed by atoms with van der Waals surface area (Å²) in [6, 6.07) is 2.41. The SMILES string of the molecule is FC(F)(F)c1cccnc1CN1CCC1. The van der Waals surface area contributed by atoms with Gasteiger partial charge in [-0.1, -0.05) is 0 Å². The lowest BCUT2D eigenvalue weighted by molar-refractivity contribution is -0.138. The van der Waals surface area contributed by atoms with E-state index in [1.165, 1.54) is 12.3 Å². The van der Waals surface area contributed by atoms with Gasteiger partial charge in [0.2, 0.25) is 0 Å². The molecule has 1 aromatic rings. The van der Waals surface area contributed by atoms with Crippen LogP contribution in [0.1, 0.15) is 17.7 Å². The van der Waals surface area contributed by atoms with Gasteiger partial charge in [0.1, 0.15) is 0 Å². The predicted molar refractivity (Wildman–Crippen MR) is 49.1 cm³/mol. The van der Waals surface area contributed by atoms with Crippen molar-refractivity contribution >= 4 is 0 Å². The number of aromatic nitrogens is 1. The minimum Gasteiger partial charge on any atom is -0.297 e. The van der Waals surface area contributed by atoms with Gasteiger partial charge in [-0.05, 0) is 31.6 Å². The smallest absolute Gasteiger partial charge is 0.297 e. The van der Waals surface area contributed by atoms with Crippen LogP contribution in [0.4, 0.5) is 13.2 Å². The minimum atomic E-state index is -4.30. The van der Waals surface area contributed by atoms with Crippen LogP contribution in [0.3, 0.4) is 0 Å². The minimum absolute atomic E-state index is 0.129. The average Bonchev–Trinajstić information content (AvgIpc) is 2.10. The van der Waals surface area contributed by atoms with E-state index in [0.717, 1.165) is 25.6 Å². The molecule has 0 saturated carbocycles. The molecule has 0 radical (unpaired) electrons. The van der Waals surface area contributed by atoms with Gasteiger partial charge in [-0.3, -0.25) is 9.88 Å². The van der Waals surface area contributed by atoms with Crippen molar-refractivity contribution in [3.63, 3.8) is 0 Å². The first kappa shape index (κ1) is 10.4. The molecule has 2 nitrogen and oxygen atoms in total. The molecule has 0 spiro atoms. The normalized spacial score (nSPS) is 17.5. The van der Waals surface area contributed by atoms with Gasteiger partial charge in [-0.15, -0.1) is 0 Å². The fourth-order valence-electron chi connectivity index (χ4n) is 1.57. The molecule has 2 rings (SSSR count). The van der Waals surface area contributed by atoms with Crippen molar-refractivity contribution in [1.82, 2.24) is 9.88 Å². The molecular formula is C10H11F3N2. The largest absolute Gasteiger partial charge is 0.418 e. The van der Waals surface area contributed by atoms with Crippen LogP contribution >= 0.6 is 0 Å². The first-order valence-electron chi connectivity index (χ1n) is 4.81. The van der Waals surface area contributed by atoms with Crippen molar-refractivity contribution in [2.45, 2.75) is 19.1 Å². The van der Waals surface area contributed by atoms with Crippen LogP contribution in [-0.2, 0) is 12.7 Å². The zero-order chi connectivity index (χ0) is 10.9. The lowest BCUT2D eigenvalue weighted by atomic mass is 10.1. The zero-order valence-electron chi connectivity index (χ0n) is 8.09. The number of halogens is 3. The Bertz CT molecular complexity index is 345. The molecule has 1 saturated heterocycles. The summed E-state index contributed by atoms with van der Waals surface area (Å²) >= 11 is 0. The monoisotopic (exact) mass is 216 g/mol. The molecule has 15 heavy (non-hydrogen) atoms. The molecule has 1 aliphatic rings. The Kier molecular flexibility index (Phi) is 2.65. The Hall–Kier alpha value is -1.10. The van der Waals surface area contributed by atoms with Crippen LogP contribution in [0.2, 0.25) is 0 Å². The highest BCUT2D eigenvalue weighted by Gasteiger charge is 2.34. The fraction of sp³-hybridized carbons (Fsp3) is 0.500. The lowest BCUT2D eigenvalue weighted by Crippen LogP contribution is -2.37. The number of hydrogen-bond donors (Lipinski definition) is 0.